The average Bonchev–Trinajstić information content (AvgIpc) is 3.27. The maximum Gasteiger partial charge on any atom is 0.433 e. The summed E-state index contributed by atoms with van der Waals surface area (Å²) in [5.41, 5.74) is 0.141. The second-order valence-corrected chi connectivity index (χ2v) is 12.9. The Balaban J connectivity index is 1.36. The third-order valence-corrected chi connectivity index (χ3v) is 10.2. The second-order valence-electron chi connectivity index (χ2n) is 11.6. The number of fused-ring (bicyclic) bond motifs is 4. The summed E-state index contributed by atoms with van der Waals surface area (Å²) >= 11 is 9.40. The lowest BCUT2D eigenvalue weighted by molar-refractivity contribution is -0.141. The number of hydrogen-bond acceptors (Lipinski definition) is 7. The molecule has 4 unspecified atom stereocenters. The quantitative estimate of drug-likeness (QED) is 0.190. The highest BCUT2D eigenvalue weighted by Crippen LogP contribution is 2.57. The summed E-state index contributed by atoms with van der Waals surface area (Å²) in [6.45, 7) is 0. The van der Waals surface area contributed by atoms with E-state index >= 15 is 0 Å². The van der Waals surface area contributed by atoms with Gasteiger partial charge in [-0.05, 0) is 63.7 Å². The smallest absolute Gasteiger partial charge is 0.433 e. The topological polar surface area (TPSA) is 108 Å². The maximum absolute atomic E-state index is 14.2. The van der Waals surface area contributed by atoms with Gasteiger partial charge in [-0.2, -0.15) is 18.2 Å². The summed E-state index contributed by atoms with van der Waals surface area (Å²) in [7, 11) is 1.24. The first-order valence-electron chi connectivity index (χ1n) is 14.2. The number of alkyl halides is 3. The monoisotopic (exact) mass is 711 g/mol. The number of nitrogens with zero attached hydrogens (tertiary/aromatic N) is 3. The van der Waals surface area contributed by atoms with Crippen LogP contribution in [0.5, 0.6) is 5.75 Å². The summed E-state index contributed by atoms with van der Waals surface area (Å²) in [5.74, 6) is -6.29. The van der Waals surface area contributed by atoms with Crippen LogP contribution < -0.4 is 5.01 Å². The van der Waals surface area contributed by atoms with Crippen LogP contribution in [0, 0.1) is 17.8 Å². The number of hydrazine groups is 1. The first-order valence-corrected chi connectivity index (χ1v) is 15.4. The predicted molar refractivity (Wildman–Crippen MR) is 165 cm³/mol. The molecule has 3 aromatic rings. The van der Waals surface area contributed by atoms with E-state index in [2.05, 4.69) is 20.9 Å². The summed E-state index contributed by atoms with van der Waals surface area (Å²) < 4.78 is 40.5. The third-order valence-electron chi connectivity index (χ3n) is 9.27. The first kappa shape index (κ1) is 30.4. The van der Waals surface area contributed by atoms with E-state index in [0.29, 0.717) is 22.6 Å². The first-order chi connectivity index (χ1) is 21.8. The molecule has 4 atom stereocenters. The van der Waals surface area contributed by atoms with E-state index in [1.807, 2.05) is 12.1 Å². The zero-order chi connectivity index (χ0) is 32.8. The van der Waals surface area contributed by atoms with Crippen LogP contribution in [0.2, 0.25) is 5.02 Å². The number of halogens is 5. The fraction of sp³-hybridized carbons (Fsp3) is 0.242. The number of benzene rings is 2. The van der Waals surface area contributed by atoms with Gasteiger partial charge in [-0.15, -0.1) is 0 Å². The van der Waals surface area contributed by atoms with Gasteiger partial charge in [0, 0.05) is 35.8 Å². The molecule has 1 aliphatic heterocycles. The molecule has 234 valence electrons. The van der Waals surface area contributed by atoms with Crippen LogP contribution in [0.3, 0.4) is 0 Å². The molecule has 1 N–H and O–H groups in total. The van der Waals surface area contributed by atoms with Gasteiger partial charge < -0.3 is 5.11 Å². The fourth-order valence-corrected chi connectivity index (χ4v) is 7.99. The van der Waals surface area contributed by atoms with Gasteiger partial charge in [-0.25, -0.2) is 4.98 Å². The van der Waals surface area contributed by atoms with Crippen molar-refractivity contribution >= 4 is 67.5 Å². The van der Waals surface area contributed by atoms with E-state index in [9.17, 15) is 37.5 Å². The summed E-state index contributed by atoms with van der Waals surface area (Å²) in [6, 6.07) is 12.2. The Morgan fingerprint density at radius 1 is 1.02 bits per heavy atom. The molecule has 2 heterocycles. The number of carbonyl (C=O) groups excluding carboxylic acids is 4. The number of carbonyl (C=O) groups is 4. The van der Waals surface area contributed by atoms with Crippen molar-refractivity contribution in [2.75, 3.05) is 12.1 Å². The van der Waals surface area contributed by atoms with Crippen molar-refractivity contribution < 1.29 is 37.5 Å². The van der Waals surface area contributed by atoms with Gasteiger partial charge in [0.05, 0.1) is 21.3 Å². The number of amides is 2. The van der Waals surface area contributed by atoms with E-state index < -0.39 is 64.7 Å². The van der Waals surface area contributed by atoms with Crippen molar-refractivity contribution in [2.24, 2.45) is 17.8 Å². The molecule has 1 fully saturated rings. The van der Waals surface area contributed by atoms with Crippen molar-refractivity contribution in [2.45, 2.75) is 24.9 Å². The second kappa shape index (κ2) is 10.6. The minimum atomic E-state index is -4.80. The minimum absolute atomic E-state index is 0.0307. The number of imide groups is 1. The van der Waals surface area contributed by atoms with E-state index in [0.717, 1.165) is 21.5 Å². The molecule has 0 saturated carbocycles. The fourth-order valence-electron chi connectivity index (χ4n) is 7.32. The molecule has 2 aromatic carbocycles. The van der Waals surface area contributed by atoms with Crippen molar-refractivity contribution in [3.05, 3.63) is 98.2 Å². The zero-order valence-electron chi connectivity index (χ0n) is 23.8. The lowest BCUT2D eigenvalue weighted by Crippen LogP contribution is -2.46. The lowest BCUT2D eigenvalue weighted by Gasteiger charge is -2.42. The standard InChI is InChI=1S/C33H22BrClF3N3O5/c1-40(30-21(35)9-11-24(39-30)33(36,37)38)41-31(45)17-8-7-16-18(25(17)32(41)46)12-19-27(23(43)13-20(34)29(19)44)28(16)26-15-5-3-2-4-14(15)6-10-22(26)42/h2-7,9-11,13,17-18,25,28,42H,8,12H2,1H3. The van der Waals surface area contributed by atoms with Crippen LogP contribution in [-0.2, 0) is 25.4 Å². The van der Waals surface area contributed by atoms with Gasteiger partial charge in [-0.3, -0.25) is 24.2 Å². The molecule has 2 amide bonds. The van der Waals surface area contributed by atoms with E-state index in [4.69, 9.17) is 11.6 Å². The molecule has 3 aliphatic carbocycles. The Labute approximate surface area is 272 Å². The van der Waals surface area contributed by atoms with Crippen LogP contribution in [0.15, 0.2) is 81.9 Å². The number of hydrogen-bond donors (Lipinski definition) is 1. The Bertz CT molecular complexity index is 2020. The molecule has 1 aromatic heterocycles. The Morgan fingerprint density at radius 2 is 1.76 bits per heavy atom. The number of phenolic OH excluding ortho intramolecular Hbond substituents is 1. The molecule has 13 heteroatoms. The van der Waals surface area contributed by atoms with E-state index in [1.54, 1.807) is 24.3 Å². The number of phenols is 1. The Kier molecular flexibility index (Phi) is 7.02. The van der Waals surface area contributed by atoms with Gasteiger partial charge in [0.2, 0.25) is 0 Å². The van der Waals surface area contributed by atoms with Gasteiger partial charge in [-0.1, -0.05) is 53.6 Å². The van der Waals surface area contributed by atoms with Gasteiger partial charge in [0.15, 0.2) is 17.4 Å². The molecule has 1 saturated heterocycles. The maximum atomic E-state index is 14.2. The van der Waals surface area contributed by atoms with Crippen molar-refractivity contribution in [1.29, 1.82) is 0 Å². The normalized spacial score (nSPS) is 24.5. The number of aromatic hydroxyl groups is 1. The summed E-state index contributed by atoms with van der Waals surface area (Å²) in [6.07, 6.45) is -1.75. The Hall–Kier alpha value is -4.29. The predicted octanol–water partition coefficient (Wildman–Crippen LogP) is 6.43. The SMILES string of the molecule is CN(c1nc(C(F)(F)F)ccc1Cl)N1C(=O)C2CC=C3C(c4c(O)ccc5ccccc45)C4=C(CC3C2C1=O)C(=O)C(Br)=CC4=O. The molecule has 0 radical (unpaired) electrons. The number of aromatic nitrogens is 1. The highest BCUT2D eigenvalue weighted by molar-refractivity contribution is 9.12. The molecule has 46 heavy (non-hydrogen) atoms. The van der Waals surface area contributed by atoms with E-state index in [-0.39, 0.29) is 39.2 Å². The highest BCUT2D eigenvalue weighted by Gasteiger charge is 2.58. The average molecular weight is 713 g/mol. The van der Waals surface area contributed by atoms with Crippen LogP contribution >= 0.6 is 27.5 Å². The molecule has 0 bridgehead atoms. The molecular formula is C33H22BrClF3N3O5. The molecular weight excluding hydrogens is 691 g/mol. The number of ketones is 2. The molecule has 0 spiro atoms. The largest absolute Gasteiger partial charge is 0.508 e. The lowest BCUT2D eigenvalue weighted by atomic mass is 9.59. The summed E-state index contributed by atoms with van der Waals surface area (Å²) in [4.78, 5) is 58.8. The van der Waals surface area contributed by atoms with Crippen LogP contribution in [0.1, 0.15) is 30.0 Å². The molecule has 4 aliphatic rings. The highest BCUT2D eigenvalue weighted by atomic mass is 79.9. The minimum Gasteiger partial charge on any atom is -0.508 e. The molecule has 7 rings (SSSR count). The van der Waals surface area contributed by atoms with Crippen molar-refractivity contribution in [1.82, 2.24) is 9.99 Å². The van der Waals surface area contributed by atoms with Crippen LogP contribution in [0.4, 0.5) is 19.0 Å². The van der Waals surface area contributed by atoms with Gasteiger partial charge in [0.1, 0.15) is 11.4 Å². The van der Waals surface area contributed by atoms with Crippen molar-refractivity contribution in [3.63, 3.8) is 0 Å². The van der Waals surface area contributed by atoms with Crippen LogP contribution in [-0.4, -0.2) is 45.5 Å². The van der Waals surface area contributed by atoms with Crippen LogP contribution in [0.25, 0.3) is 10.8 Å². The number of anilines is 1. The number of rotatable bonds is 3. The van der Waals surface area contributed by atoms with E-state index in [1.165, 1.54) is 19.2 Å². The zero-order valence-corrected chi connectivity index (χ0v) is 26.2. The summed E-state index contributed by atoms with van der Waals surface area (Å²) in [5, 5.41) is 14.2. The number of allylic oxidation sites excluding steroid dienone is 6. The molecule has 8 nitrogen and oxygen atoms in total. The van der Waals surface area contributed by atoms with Crippen molar-refractivity contribution in [3.8, 4) is 5.75 Å². The third kappa shape index (κ3) is 4.44. The number of pyridine rings is 1. The van der Waals surface area contributed by atoms with Gasteiger partial charge in [0.25, 0.3) is 11.8 Å². The Morgan fingerprint density at radius 3 is 2.50 bits per heavy atom. The number of Topliss-reactive ketones (excluding diaryl/α,β-unsaturated/α-hetero) is 1. The van der Waals surface area contributed by atoms with Gasteiger partial charge >= 0.3 is 6.18 Å².